The van der Waals surface area contributed by atoms with E-state index in [1.54, 1.807) is 0 Å². The molecule has 150 valence electrons. The summed E-state index contributed by atoms with van der Waals surface area (Å²) < 4.78 is 6.14. The molecule has 0 bridgehead atoms. The fourth-order valence-corrected chi connectivity index (χ4v) is 4.24. The summed E-state index contributed by atoms with van der Waals surface area (Å²) in [5.74, 6) is 0. The lowest BCUT2D eigenvalue weighted by atomic mass is 9.81. The Morgan fingerprint density at radius 2 is 1.59 bits per heavy atom. The summed E-state index contributed by atoms with van der Waals surface area (Å²) in [6.07, 6.45) is 0.0548. The molecule has 1 aliphatic heterocycles. The second-order valence-corrected chi connectivity index (χ2v) is 8.05. The minimum absolute atomic E-state index is 0.348. The number of hydrogen-bond acceptors (Lipinski definition) is 3. The first-order chi connectivity index (χ1) is 14.1. The Hall–Kier alpha value is -2.17. The molecule has 0 aliphatic carbocycles. The van der Waals surface area contributed by atoms with Crippen LogP contribution in [0.1, 0.15) is 16.7 Å². The van der Waals surface area contributed by atoms with Crippen molar-refractivity contribution < 1.29 is 9.84 Å². The van der Waals surface area contributed by atoms with Gasteiger partial charge in [0.2, 0.25) is 0 Å². The average Bonchev–Trinajstić information content (AvgIpc) is 2.77. The zero-order valence-corrected chi connectivity index (χ0v) is 17.1. The van der Waals surface area contributed by atoms with Crippen LogP contribution in [0.3, 0.4) is 0 Å². The van der Waals surface area contributed by atoms with E-state index in [1.165, 1.54) is 5.56 Å². The van der Waals surface area contributed by atoms with Gasteiger partial charge in [0.15, 0.2) is 0 Å². The molecule has 1 saturated heterocycles. The molecule has 3 aromatic carbocycles. The highest BCUT2D eigenvalue weighted by Gasteiger charge is 2.42. The third-order valence-electron chi connectivity index (χ3n) is 5.62. The Balaban J connectivity index is 1.61. The van der Waals surface area contributed by atoms with Crippen molar-refractivity contribution in [2.24, 2.45) is 0 Å². The van der Waals surface area contributed by atoms with E-state index in [4.69, 9.17) is 16.3 Å². The lowest BCUT2D eigenvalue weighted by Crippen LogP contribution is -2.53. The summed E-state index contributed by atoms with van der Waals surface area (Å²) in [5, 5.41) is 12.6. The van der Waals surface area contributed by atoms with Gasteiger partial charge in [-0.2, -0.15) is 0 Å². The van der Waals surface area contributed by atoms with Crippen LogP contribution in [0.15, 0.2) is 84.9 Å². The zero-order valence-electron chi connectivity index (χ0n) is 16.4. The molecular formula is C25H26ClNO2. The summed E-state index contributed by atoms with van der Waals surface area (Å²) in [4.78, 5) is 2.35. The molecule has 1 heterocycles. The van der Waals surface area contributed by atoms with Crippen LogP contribution in [0, 0.1) is 0 Å². The van der Waals surface area contributed by atoms with E-state index in [9.17, 15) is 5.11 Å². The third-order valence-corrected chi connectivity index (χ3v) is 5.99. The minimum atomic E-state index is -1.17. The molecule has 0 amide bonds. The van der Waals surface area contributed by atoms with Crippen molar-refractivity contribution in [1.82, 2.24) is 4.90 Å². The van der Waals surface area contributed by atoms with Crippen molar-refractivity contribution >= 4 is 11.6 Å². The van der Waals surface area contributed by atoms with Gasteiger partial charge in [0.1, 0.15) is 11.7 Å². The van der Waals surface area contributed by atoms with Crippen LogP contribution in [-0.4, -0.2) is 35.8 Å². The maximum absolute atomic E-state index is 12.0. The largest absolute Gasteiger partial charge is 0.382 e. The van der Waals surface area contributed by atoms with E-state index in [0.29, 0.717) is 24.6 Å². The van der Waals surface area contributed by atoms with Gasteiger partial charge in [0.05, 0.1) is 6.61 Å². The quantitative estimate of drug-likeness (QED) is 0.644. The molecule has 1 N–H and O–H groups in total. The normalized spacial score (nSPS) is 19.6. The molecule has 0 spiro atoms. The van der Waals surface area contributed by atoms with E-state index in [-0.39, 0.29) is 6.10 Å². The summed E-state index contributed by atoms with van der Waals surface area (Å²) >= 11 is 6.43. The highest BCUT2D eigenvalue weighted by Crippen LogP contribution is 2.35. The van der Waals surface area contributed by atoms with Gasteiger partial charge < -0.3 is 9.84 Å². The molecule has 2 atom stereocenters. The second kappa shape index (κ2) is 9.10. The summed E-state index contributed by atoms with van der Waals surface area (Å²) in [6, 6.07) is 27.9. The van der Waals surface area contributed by atoms with E-state index >= 15 is 0 Å². The van der Waals surface area contributed by atoms with Crippen LogP contribution in [0.25, 0.3) is 0 Å². The Morgan fingerprint density at radius 3 is 2.31 bits per heavy atom. The average molecular weight is 408 g/mol. The minimum Gasteiger partial charge on any atom is -0.382 e. The van der Waals surface area contributed by atoms with Crippen molar-refractivity contribution in [2.75, 3.05) is 19.7 Å². The standard InChI is InChI=1S/C25H26ClNO2/c26-23-14-8-7-11-21(23)17-25(28,22-12-5-2-6-13-22)24-19-27(15-16-29-24)18-20-9-3-1-4-10-20/h1-14,24,28H,15-19H2/t24?,25-/m1/s1. The fourth-order valence-electron chi connectivity index (χ4n) is 4.04. The number of benzene rings is 3. The number of nitrogens with zero attached hydrogens (tertiary/aromatic N) is 1. The molecule has 1 aliphatic rings. The van der Waals surface area contributed by atoms with Crippen molar-refractivity contribution in [3.05, 3.63) is 107 Å². The van der Waals surface area contributed by atoms with E-state index < -0.39 is 5.60 Å². The molecular weight excluding hydrogens is 382 g/mol. The van der Waals surface area contributed by atoms with Crippen LogP contribution in [0.4, 0.5) is 0 Å². The topological polar surface area (TPSA) is 32.7 Å². The van der Waals surface area contributed by atoms with Gasteiger partial charge in [0, 0.05) is 31.1 Å². The van der Waals surface area contributed by atoms with Crippen molar-refractivity contribution in [3.8, 4) is 0 Å². The Kier molecular flexibility index (Phi) is 6.31. The Labute approximate surface area is 177 Å². The second-order valence-electron chi connectivity index (χ2n) is 7.64. The summed E-state index contributed by atoms with van der Waals surface area (Å²) in [7, 11) is 0. The maximum atomic E-state index is 12.0. The molecule has 29 heavy (non-hydrogen) atoms. The Bertz CT molecular complexity index is 918. The van der Waals surface area contributed by atoms with Crippen molar-refractivity contribution in [3.63, 3.8) is 0 Å². The van der Waals surface area contributed by atoms with Gasteiger partial charge in [-0.3, -0.25) is 4.90 Å². The molecule has 3 nitrogen and oxygen atoms in total. The molecule has 1 unspecified atom stereocenters. The van der Waals surface area contributed by atoms with Crippen molar-refractivity contribution in [1.29, 1.82) is 0 Å². The number of hydrogen-bond donors (Lipinski definition) is 1. The first-order valence-corrected chi connectivity index (χ1v) is 10.4. The van der Waals surface area contributed by atoms with Gasteiger partial charge in [0.25, 0.3) is 0 Å². The molecule has 4 heteroatoms. The van der Waals surface area contributed by atoms with Gasteiger partial charge in [-0.05, 0) is 22.8 Å². The predicted molar refractivity (Wildman–Crippen MR) is 117 cm³/mol. The van der Waals surface area contributed by atoms with Gasteiger partial charge in [-0.25, -0.2) is 0 Å². The zero-order chi connectivity index (χ0) is 20.1. The van der Waals surface area contributed by atoms with E-state index in [0.717, 1.165) is 24.2 Å². The van der Waals surface area contributed by atoms with E-state index in [1.807, 2.05) is 60.7 Å². The molecule has 0 saturated carbocycles. The molecule has 0 aromatic heterocycles. The van der Waals surface area contributed by atoms with Crippen LogP contribution in [-0.2, 0) is 23.3 Å². The number of rotatable bonds is 6. The monoisotopic (exact) mass is 407 g/mol. The molecule has 0 radical (unpaired) electrons. The Morgan fingerprint density at radius 1 is 0.931 bits per heavy atom. The van der Waals surface area contributed by atoms with Crippen LogP contribution in [0.5, 0.6) is 0 Å². The molecule has 1 fully saturated rings. The number of aliphatic hydroxyl groups is 1. The van der Waals surface area contributed by atoms with Crippen LogP contribution >= 0.6 is 11.6 Å². The fraction of sp³-hybridized carbons (Fsp3) is 0.280. The molecule has 4 rings (SSSR count). The van der Waals surface area contributed by atoms with Crippen LogP contribution in [0.2, 0.25) is 5.02 Å². The predicted octanol–water partition coefficient (Wildman–Crippen LogP) is 4.67. The van der Waals surface area contributed by atoms with Gasteiger partial charge >= 0.3 is 0 Å². The lowest BCUT2D eigenvalue weighted by Gasteiger charge is -2.42. The maximum Gasteiger partial charge on any atom is 0.121 e. The third kappa shape index (κ3) is 4.71. The summed E-state index contributed by atoms with van der Waals surface area (Å²) in [5.41, 5.74) is 1.88. The smallest absolute Gasteiger partial charge is 0.121 e. The number of ether oxygens (including phenoxy) is 1. The SMILES string of the molecule is O[C@](Cc1ccccc1Cl)(c1ccccc1)C1CN(Cc2ccccc2)CCO1. The van der Waals surface area contributed by atoms with E-state index in [2.05, 4.69) is 29.2 Å². The number of morpholine rings is 1. The number of halogens is 1. The first kappa shape index (κ1) is 20.1. The lowest BCUT2D eigenvalue weighted by molar-refractivity contribution is -0.149. The van der Waals surface area contributed by atoms with Crippen LogP contribution < -0.4 is 0 Å². The highest BCUT2D eigenvalue weighted by molar-refractivity contribution is 6.31. The first-order valence-electron chi connectivity index (χ1n) is 10.0. The highest BCUT2D eigenvalue weighted by atomic mass is 35.5. The van der Waals surface area contributed by atoms with Crippen molar-refractivity contribution in [2.45, 2.75) is 24.7 Å². The summed E-state index contributed by atoms with van der Waals surface area (Å²) in [6.45, 7) is 2.94. The van der Waals surface area contributed by atoms with Gasteiger partial charge in [-0.15, -0.1) is 0 Å². The van der Waals surface area contributed by atoms with Gasteiger partial charge in [-0.1, -0.05) is 90.5 Å². The molecule has 3 aromatic rings.